The molecule has 0 fully saturated rings. The standard InChI is InChI=1S/C15H13ClNO3/c1-20-7-6-17-9-11(8-14(17)15(19)10-18)12-4-2-3-5-13(12)16/h2-5,8-9H,6-7H2,1H3. The minimum atomic E-state index is -0.681. The average Bonchev–Trinajstić information content (AvgIpc) is 2.88. The molecule has 0 saturated heterocycles. The number of hydrogen-bond donors (Lipinski definition) is 0. The first-order valence-corrected chi connectivity index (χ1v) is 6.41. The van der Waals surface area contributed by atoms with Gasteiger partial charge in [-0.1, -0.05) is 29.8 Å². The normalized spacial score (nSPS) is 10.5. The SMILES string of the molecule is COCCn1cc(-c2ccccc2Cl)cc1C(=O)[C]=O. The highest BCUT2D eigenvalue weighted by molar-refractivity contribution is 6.34. The van der Waals surface area contributed by atoms with Crippen LogP contribution >= 0.6 is 11.6 Å². The van der Waals surface area contributed by atoms with Crippen molar-refractivity contribution in [1.82, 2.24) is 4.57 Å². The van der Waals surface area contributed by atoms with Gasteiger partial charge in [0.2, 0.25) is 0 Å². The van der Waals surface area contributed by atoms with Gasteiger partial charge in [-0.3, -0.25) is 9.59 Å². The first-order valence-electron chi connectivity index (χ1n) is 6.04. The smallest absolute Gasteiger partial charge is 0.279 e. The van der Waals surface area contributed by atoms with Gasteiger partial charge in [0, 0.05) is 36.0 Å². The van der Waals surface area contributed by atoms with Crippen LogP contribution in [0, 0.1) is 0 Å². The van der Waals surface area contributed by atoms with Gasteiger partial charge in [-0.2, -0.15) is 0 Å². The van der Waals surface area contributed by atoms with E-state index in [1.807, 2.05) is 18.2 Å². The summed E-state index contributed by atoms with van der Waals surface area (Å²) in [6.45, 7) is 0.916. The van der Waals surface area contributed by atoms with Gasteiger partial charge >= 0.3 is 0 Å². The van der Waals surface area contributed by atoms with Crippen molar-refractivity contribution < 1.29 is 14.3 Å². The highest BCUT2D eigenvalue weighted by Gasteiger charge is 2.15. The molecule has 0 unspecified atom stereocenters. The van der Waals surface area contributed by atoms with Crippen molar-refractivity contribution in [2.24, 2.45) is 0 Å². The zero-order chi connectivity index (χ0) is 14.5. The minimum Gasteiger partial charge on any atom is -0.383 e. The van der Waals surface area contributed by atoms with Gasteiger partial charge in [0.25, 0.3) is 12.1 Å². The predicted octanol–water partition coefficient (Wildman–Crippen LogP) is 2.75. The fraction of sp³-hybridized carbons (Fsp3) is 0.200. The maximum Gasteiger partial charge on any atom is 0.279 e. The molecule has 1 aromatic heterocycles. The number of benzene rings is 1. The molecular formula is C15H13ClNO3. The van der Waals surface area contributed by atoms with Crippen LogP contribution in [0.3, 0.4) is 0 Å². The molecule has 0 spiro atoms. The Kier molecular flexibility index (Phi) is 4.71. The van der Waals surface area contributed by atoms with Crippen LogP contribution in [-0.4, -0.2) is 30.4 Å². The molecule has 0 aliphatic carbocycles. The molecule has 1 aromatic carbocycles. The number of halogens is 1. The maximum atomic E-state index is 11.6. The summed E-state index contributed by atoms with van der Waals surface area (Å²) in [5.41, 5.74) is 1.88. The molecule has 0 aliphatic heterocycles. The number of Topliss-reactive ketones (excluding diaryl/α,β-unsaturated/α-hetero) is 1. The van der Waals surface area contributed by atoms with E-state index in [1.54, 1.807) is 30.0 Å². The number of aromatic nitrogens is 1. The third-order valence-electron chi connectivity index (χ3n) is 2.94. The molecule has 0 saturated carbocycles. The summed E-state index contributed by atoms with van der Waals surface area (Å²) in [7, 11) is 1.58. The largest absolute Gasteiger partial charge is 0.383 e. The second-order valence-electron chi connectivity index (χ2n) is 4.21. The summed E-state index contributed by atoms with van der Waals surface area (Å²) in [5.74, 6) is -0.681. The lowest BCUT2D eigenvalue weighted by molar-refractivity contribution is 0.105. The third-order valence-corrected chi connectivity index (χ3v) is 3.27. The minimum absolute atomic E-state index is 0.284. The molecule has 2 aromatic rings. The molecule has 20 heavy (non-hydrogen) atoms. The lowest BCUT2D eigenvalue weighted by Crippen LogP contribution is -2.11. The molecule has 103 valence electrons. The van der Waals surface area contributed by atoms with E-state index in [0.717, 1.165) is 11.1 Å². The highest BCUT2D eigenvalue weighted by Crippen LogP contribution is 2.29. The number of ketones is 1. The van der Waals surface area contributed by atoms with E-state index in [9.17, 15) is 9.59 Å². The Bertz CT molecular complexity index is 634. The zero-order valence-corrected chi connectivity index (χ0v) is 11.7. The van der Waals surface area contributed by atoms with Gasteiger partial charge in [-0.15, -0.1) is 0 Å². The number of ether oxygens (including phenoxy) is 1. The van der Waals surface area contributed by atoms with E-state index >= 15 is 0 Å². The Morgan fingerprint density at radius 2 is 2.15 bits per heavy atom. The van der Waals surface area contributed by atoms with Crippen LogP contribution in [0.5, 0.6) is 0 Å². The molecular weight excluding hydrogens is 278 g/mol. The van der Waals surface area contributed by atoms with E-state index in [-0.39, 0.29) is 5.69 Å². The quantitative estimate of drug-likeness (QED) is 0.607. The van der Waals surface area contributed by atoms with Crippen molar-refractivity contribution in [3.05, 3.63) is 47.2 Å². The van der Waals surface area contributed by atoms with E-state index in [0.29, 0.717) is 18.2 Å². The van der Waals surface area contributed by atoms with Gasteiger partial charge in [-0.25, -0.2) is 0 Å². The topological polar surface area (TPSA) is 48.3 Å². The van der Waals surface area contributed by atoms with Crippen LogP contribution in [0.25, 0.3) is 11.1 Å². The van der Waals surface area contributed by atoms with Crippen molar-refractivity contribution >= 4 is 23.7 Å². The molecule has 0 aliphatic rings. The summed E-state index contributed by atoms with van der Waals surface area (Å²) < 4.78 is 6.67. The van der Waals surface area contributed by atoms with Crippen molar-refractivity contribution in [3.8, 4) is 11.1 Å². The van der Waals surface area contributed by atoms with Crippen LogP contribution in [-0.2, 0) is 16.1 Å². The number of hydrogen-bond acceptors (Lipinski definition) is 3. The fourth-order valence-corrected chi connectivity index (χ4v) is 2.22. The van der Waals surface area contributed by atoms with Crippen LogP contribution < -0.4 is 0 Å². The van der Waals surface area contributed by atoms with Crippen molar-refractivity contribution in [2.45, 2.75) is 6.54 Å². The Balaban J connectivity index is 2.45. The molecule has 1 heterocycles. The van der Waals surface area contributed by atoms with Gasteiger partial charge in [-0.05, 0) is 12.1 Å². The third kappa shape index (κ3) is 2.98. The van der Waals surface area contributed by atoms with Gasteiger partial charge in [0.05, 0.1) is 12.3 Å². The van der Waals surface area contributed by atoms with Crippen LogP contribution in [0.2, 0.25) is 5.02 Å². The summed E-state index contributed by atoms with van der Waals surface area (Å²) in [6.07, 6.45) is 3.18. The van der Waals surface area contributed by atoms with E-state index < -0.39 is 5.78 Å². The average molecular weight is 291 g/mol. The maximum absolute atomic E-state index is 11.6. The predicted molar refractivity (Wildman–Crippen MR) is 76.8 cm³/mol. The first-order chi connectivity index (χ1) is 9.67. The van der Waals surface area contributed by atoms with Crippen molar-refractivity contribution in [2.75, 3.05) is 13.7 Å². The number of carbonyl (C=O) groups is 1. The molecule has 5 heteroatoms. The zero-order valence-electron chi connectivity index (χ0n) is 10.9. The fourth-order valence-electron chi connectivity index (χ4n) is 1.97. The number of methoxy groups -OCH3 is 1. The Morgan fingerprint density at radius 3 is 2.80 bits per heavy atom. The summed E-state index contributed by atoms with van der Waals surface area (Å²) in [5, 5.41) is 0.588. The lowest BCUT2D eigenvalue weighted by atomic mass is 10.1. The Hall–Kier alpha value is -1.91. The number of rotatable bonds is 6. The highest BCUT2D eigenvalue weighted by atomic mass is 35.5. The second-order valence-corrected chi connectivity index (χ2v) is 4.62. The first kappa shape index (κ1) is 14.5. The summed E-state index contributed by atoms with van der Waals surface area (Å²) in [4.78, 5) is 22.2. The summed E-state index contributed by atoms with van der Waals surface area (Å²) in [6, 6.07) is 8.97. The number of carbonyl (C=O) groups excluding carboxylic acids is 2. The molecule has 4 nitrogen and oxygen atoms in total. The Labute approximate surface area is 121 Å². The van der Waals surface area contributed by atoms with E-state index in [1.165, 1.54) is 6.29 Å². The monoisotopic (exact) mass is 290 g/mol. The molecule has 0 atom stereocenters. The molecule has 0 N–H and O–H groups in total. The Morgan fingerprint density at radius 1 is 1.40 bits per heavy atom. The van der Waals surface area contributed by atoms with Crippen LogP contribution in [0.15, 0.2) is 36.5 Å². The van der Waals surface area contributed by atoms with Gasteiger partial charge in [0.1, 0.15) is 0 Å². The number of nitrogens with zero attached hydrogens (tertiary/aromatic N) is 1. The van der Waals surface area contributed by atoms with Gasteiger partial charge in [0.15, 0.2) is 0 Å². The van der Waals surface area contributed by atoms with Gasteiger partial charge < -0.3 is 9.30 Å². The summed E-state index contributed by atoms with van der Waals surface area (Å²) >= 11 is 6.14. The van der Waals surface area contributed by atoms with Crippen molar-refractivity contribution in [3.63, 3.8) is 0 Å². The van der Waals surface area contributed by atoms with Crippen LogP contribution in [0.4, 0.5) is 0 Å². The lowest BCUT2D eigenvalue weighted by Gasteiger charge is -2.04. The molecule has 1 radical (unpaired) electrons. The van der Waals surface area contributed by atoms with E-state index in [4.69, 9.17) is 16.3 Å². The molecule has 0 amide bonds. The van der Waals surface area contributed by atoms with Crippen molar-refractivity contribution in [1.29, 1.82) is 0 Å². The second kappa shape index (κ2) is 6.50. The molecule has 2 rings (SSSR count). The molecule has 0 bridgehead atoms. The van der Waals surface area contributed by atoms with Crippen LogP contribution in [0.1, 0.15) is 10.5 Å². The van der Waals surface area contributed by atoms with E-state index in [2.05, 4.69) is 0 Å².